The average molecular weight is 212 g/mol. The number of carboxylic acid groups (broad SMARTS) is 1. The predicted octanol–water partition coefficient (Wildman–Crippen LogP) is -0.201. The largest absolute Gasteiger partial charge is 0.480 e. The third-order valence-corrected chi connectivity index (χ3v) is 2.41. The molecule has 0 fully saturated rings. The number of aliphatic carboxylic acids is 1. The van der Waals surface area contributed by atoms with Crippen LogP contribution in [0.4, 0.5) is 0 Å². The highest BCUT2D eigenvalue weighted by Crippen LogP contribution is 2.00. The first-order chi connectivity index (χ1) is 6.86. The lowest BCUT2D eigenvalue weighted by Crippen LogP contribution is -2.37. The fourth-order valence-electron chi connectivity index (χ4n) is 1.14. The van der Waals surface area contributed by atoms with Crippen molar-refractivity contribution in [3.05, 3.63) is 31.8 Å². The van der Waals surface area contributed by atoms with Crippen molar-refractivity contribution in [1.29, 1.82) is 0 Å². The zero-order valence-corrected chi connectivity index (χ0v) is 8.70. The zero-order chi connectivity index (χ0) is 11.7. The Kier molecular flexibility index (Phi) is 2.78. The number of H-pyrrole nitrogens is 1. The summed E-state index contributed by atoms with van der Waals surface area (Å²) in [4.78, 5) is 33.6. The van der Waals surface area contributed by atoms with Crippen LogP contribution in [-0.2, 0) is 4.79 Å². The van der Waals surface area contributed by atoms with Gasteiger partial charge in [0, 0.05) is 11.1 Å². The van der Waals surface area contributed by atoms with Crippen molar-refractivity contribution in [3.8, 4) is 0 Å². The second kappa shape index (κ2) is 3.72. The van der Waals surface area contributed by atoms with Gasteiger partial charge in [-0.25, -0.2) is 9.48 Å². The molecular weight excluding hydrogens is 200 g/mol. The third kappa shape index (κ3) is 1.83. The molecule has 0 aliphatic heterocycles. The number of rotatable bonds is 2. The molecule has 1 heterocycles. The van der Waals surface area contributed by atoms with Crippen molar-refractivity contribution in [2.75, 3.05) is 0 Å². The highest BCUT2D eigenvalue weighted by molar-refractivity contribution is 5.71. The van der Waals surface area contributed by atoms with E-state index in [2.05, 4.69) is 5.10 Å². The second-order valence-electron chi connectivity index (χ2n) is 3.38. The summed E-state index contributed by atoms with van der Waals surface area (Å²) < 4.78 is 0.826. The Labute approximate surface area is 85.2 Å². The van der Waals surface area contributed by atoms with Gasteiger partial charge in [-0.1, -0.05) is 0 Å². The Morgan fingerprint density at radius 1 is 1.33 bits per heavy atom. The van der Waals surface area contributed by atoms with Crippen LogP contribution in [0.3, 0.4) is 0 Å². The molecule has 0 spiro atoms. The van der Waals surface area contributed by atoms with E-state index >= 15 is 0 Å². The van der Waals surface area contributed by atoms with Crippen LogP contribution in [0.25, 0.3) is 0 Å². The van der Waals surface area contributed by atoms with E-state index in [-0.39, 0.29) is 5.56 Å². The van der Waals surface area contributed by atoms with Gasteiger partial charge >= 0.3 is 5.97 Å². The van der Waals surface area contributed by atoms with E-state index in [0.29, 0.717) is 5.56 Å². The van der Waals surface area contributed by atoms with Gasteiger partial charge in [0.25, 0.3) is 11.1 Å². The SMILES string of the molecule is Cc1c(C)c(=O)n(C(C)C(=O)O)[nH]c1=O. The van der Waals surface area contributed by atoms with Gasteiger partial charge in [0.1, 0.15) is 6.04 Å². The highest BCUT2D eigenvalue weighted by Gasteiger charge is 2.17. The molecule has 0 aromatic carbocycles. The van der Waals surface area contributed by atoms with Crippen LogP contribution in [0.1, 0.15) is 24.1 Å². The van der Waals surface area contributed by atoms with E-state index in [1.54, 1.807) is 0 Å². The molecule has 0 radical (unpaired) electrons. The summed E-state index contributed by atoms with van der Waals surface area (Å²) in [5.74, 6) is -1.17. The molecule has 0 saturated heterocycles. The molecule has 0 bridgehead atoms. The molecule has 0 saturated carbocycles. The van der Waals surface area contributed by atoms with Gasteiger partial charge in [-0.15, -0.1) is 0 Å². The monoisotopic (exact) mass is 212 g/mol. The van der Waals surface area contributed by atoms with Crippen molar-refractivity contribution in [2.45, 2.75) is 26.8 Å². The maximum absolute atomic E-state index is 11.6. The molecule has 1 rings (SSSR count). The molecule has 6 nitrogen and oxygen atoms in total. The highest BCUT2D eigenvalue weighted by atomic mass is 16.4. The molecule has 1 unspecified atom stereocenters. The van der Waals surface area contributed by atoms with Gasteiger partial charge in [0.2, 0.25) is 0 Å². The lowest BCUT2D eigenvalue weighted by molar-refractivity contribution is -0.140. The first-order valence-electron chi connectivity index (χ1n) is 4.41. The van der Waals surface area contributed by atoms with Crippen molar-refractivity contribution in [2.24, 2.45) is 0 Å². The first kappa shape index (κ1) is 11.2. The van der Waals surface area contributed by atoms with Crippen LogP contribution < -0.4 is 11.1 Å². The Hall–Kier alpha value is -1.85. The number of nitrogens with one attached hydrogen (secondary N) is 1. The third-order valence-electron chi connectivity index (χ3n) is 2.41. The normalized spacial score (nSPS) is 12.5. The van der Waals surface area contributed by atoms with Crippen LogP contribution in [0.2, 0.25) is 0 Å². The minimum atomic E-state index is -1.17. The summed E-state index contributed by atoms with van der Waals surface area (Å²) in [6.45, 7) is 4.35. The molecule has 1 aromatic heterocycles. The lowest BCUT2D eigenvalue weighted by atomic mass is 10.2. The van der Waals surface area contributed by atoms with E-state index < -0.39 is 23.1 Å². The maximum Gasteiger partial charge on any atom is 0.328 e. The van der Waals surface area contributed by atoms with E-state index in [4.69, 9.17) is 5.11 Å². The van der Waals surface area contributed by atoms with Crippen LogP contribution in [0.5, 0.6) is 0 Å². The van der Waals surface area contributed by atoms with E-state index in [1.807, 2.05) is 0 Å². The minimum Gasteiger partial charge on any atom is -0.480 e. The predicted molar refractivity (Wildman–Crippen MR) is 53.1 cm³/mol. The number of carboxylic acids is 1. The number of aromatic nitrogens is 2. The van der Waals surface area contributed by atoms with Crippen molar-refractivity contribution in [3.63, 3.8) is 0 Å². The summed E-state index contributed by atoms with van der Waals surface area (Å²) in [5.41, 5.74) is -0.345. The Balaban J connectivity index is 3.53. The topological polar surface area (TPSA) is 92.2 Å². The van der Waals surface area contributed by atoms with Crippen molar-refractivity contribution < 1.29 is 9.90 Å². The summed E-state index contributed by atoms with van der Waals surface area (Å²) in [6.07, 6.45) is 0. The fraction of sp³-hybridized carbons (Fsp3) is 0.444. The van der Waals surface area contributed by atoms with Gasteiger partial charge in [0.15, 0.2) is 0 Å². The summed E-state index contributed by atoms with van der Waals surface area (Å²) in [6, 6.07) is -1.08. The van der Waals surface area contributed by atoms with E-state index in [9.17, 15) is 14.4 Å². The molecule has 82 valence electrons. The van der Waals surface area contributed by atoms with Crippen LogP contribution in [-0.4, -0.2) is 20.9 Å². The average Bonchev–Trinajstić information content (AvgIpc) is 2.19. The first-order valence-corrected chi connectivity index (χ1v) is 4.41. The molecule has 6 heteroatoms. The maximum atomic E-state index is 11.6. The molecular formula is C9H12N2O4. The van der Waals surface area contributed by atoms with Crippen molar-refractivity contribution >= 4 is 5.97 Å². The van der Waals surface area contributed by atoms with Crippen LogP contribution in [0.15, 0.2) is 9.59 Å². The molecule has 2 N–H and O–H groups in total. The standard InChI is InChI=1S/C9H12N2O4/c1-4-5(2)8(13)11(10-7(4)12)6(3)9(14)15/h6H,1-3H3,(H,10,12)(H,14,15). The Morgan fingerprint density at radius 3 is 2.33 bits per heavy atom. The lowest BCUT2D eigenvalue weighted by Gasteiger charge is -2.11. The van der Waals surface area contributed by atoms with Gasteiger partial charge in [0.05, 0.1) is 0 Å². The number of hydrogen-bond donors (Lipinski definition) is 2. The summed E-state index contributed by atoms with van der Waals surface area (Å²) in [5, 5.41) is 11.0. The number of hydrogen-bond acceptors (Lipinski definition) is 3. The fourth-order valence-corrected chi connectivity index (χ4v) is 1.14. The smallest absolute Gasteiger partial charge is 0.328 e. The van der Waals surface area contributed by atoms with Gasteiger partial charge in [-0.2, -0.15) is 0 Å². The minimum absolute atomic E-state index is 0.270. The molecule has 1 aromatic rings. The number of carbonyl (C=O) groups is 1. The van der Waals surface area contributed by atoms with Gasteiger partial charge in [-0.05, 0) is 20.8 Å². The number of nitrogens with zero attached hydrogens (tertiary/aromatic N) is 1. The van der Waals surface area contributed by atoms with Crippen LogP contribution in [0, 0.1) is 13.8 Å². The molecule has 0 aliphatic rings. The van der Waals surface area contributed by atoms with E-state index in [0.717, 1.165) is 4.68 Å². The zero-order valence-electron chi connectivity index (χ0n) is 8.70. The summed E-state index contributed by atoms with van der Waals surface area (Å²) in [7, 11) is 0. The quantitative estimate of drug-likeness (QED) is 0.710. The van der Waals surface area contributed by atoms with E-state index in [1.165, 1.54) is 20.8 Å². The van der Waals surface area contributed by atoms with Crippen molar-refractivity contribution in [1.82, 2.24) is 9.78 Å². The Morgan fingerprint density at radius 2 is 1.87 bits per heavy atom. The summed E-state index contributed by atoms with van der Waals surface area (Å²) >= 11 is 0. The van der Waals surface area contributed by atoms with Gasteiger partial charge < -0.3 is 5.11 Å². The van der Waals surface area contributed by atoms with Gasteiger partial charge in [-0.3, -0.25) is 14.7 Å². The molecule has 1 atom stereocenters. The molecule has 0 aliphatic carbocycles. The number of aromatic amines is 1. The second-order valence-corrected chi connectivity index (χ2v) is 3.38. The molecule has 0 amide bonds. The molecule has 15 heavy (non-hydrogen) atoms. The van der Waals surface area contributed by atoms with Crippen LogP contribution >= 0.6 is 0 Å². The Bertz CT molecular complexity index is 512.